The highest BCUT2D eigenvalue weighted by Gasteiger charge is 2.33. The van der Waals surface area contributed by atoms with Gasteiger partial charge in [0.15, 0.2) is 0 Å². The Kier molecular flexibility index (Phi) is 3.74. The first kappa shape index (κ1) is 13.9. The van der Waals surface area contributed by atoms with Crippen LogP contribution < -0.4 is 4.90 Å². The molecule has 1 aromatic rings. The van der Waals surface area contributed by atoms with E-state index in [1.54, 1.807) is 0 Å². The van der Waals surface area contributed by atoms with Crippen LogP contribution in [-0.2, 0) is 12.4 Å². The maximum Gasteiger partial charge on any atom is 0.130 e. The van der Waals surface area contributed by atoms with Crippen molar-refractivity contribution in [3.05, 3.63) is 11.3 Å². The van der Waals surface area contributed by atoms with E-state index in [1.165, 1.54) is 11.4 Å². The van der Waals surface area contributed by atoms with Crippen molar-refractivity contribution in [2.75, 3.05) is 31.6 Å². The SMILES string of the molecule is Cc1nn(C)c(N2CCN(C)C(C)(C)C2)c1CBr. The molecule has 0 saturated carbocycles. The first-order valence-corrected chi connectivity index (χ1v) is 7.53. The van der Waals surface area contributed by atoms with Gasteiger partial charge in [0, 0.05) is 43.1 Å². The summed E-state index contributed by atoms with van der Waals surface area (Å²) in [5.41, 5.74) is 2.65. The number of piperazine rings is 1. The number of hydrogen-bond donors (Lipinski definition) is 0. The summed E-state index contributed by atoms with van der Waals surface area (Å²) in [5.74, 6) is 1.27. The lowest BCUT2D eigenvalue weighted by Gasteiger charge is -2.46. The van der Waals surface area contributed by atoms with Crippen LogP contribution in [0.3, 0.4) is 0 Å². The van der Waals surface area contributed by atoms with Gasteiger partial charge in [0.1, 0.15) is 5.82 Å². The van der Waals surface area contributed by atoms with Crippen LogP contribution in [0.5, 0.6) is 0 Å². The first-order valence-electron chi connectivity index (χ1n) is 6.41. The Balaban J connectivity index is 2.33. The van der Waals surface area contributed by atoms with Crippen molar-refractivity contribution in [2.24, 2.45) is 7.05 Å². The lowest BCUT2D eigenvalue weighted by Crippen LogP contribution is -2.58. The van der Waals surface area contributed by atoms with E-state index in [-0.39, 0.29) is 5.54 Å². The van der Waals surface area contributed by atoms with Crippen molar-refractivity contribution in [2.45, 2.75) is 31.6 Å². The minimum atomic E-state index is 0.208. The molecule has 0 radical (unpaired) electrons. The van der Waals surface area contributed by atoms with Gasteiger partial charge in [0.25, 0.3) is 0 Å². The molecule has 0 unspecified atom stereocenters. The van der Waals surface area contributed by atoms with Crippen molar-refractivity contribution in [1.29, 1.82) is 0 Å². The lowest BCUT2D eigenvalue weighted by molar-refractivity contribution is 0.138. The van der Waals surface area contributed by atoms with Crippen LogP contribution in [0.25, 0.3) is 0 Å². The second-order valence-electron chi connectivity index (χ2n) is 5.80. The van der Waals surface area contributed by atoms with E-state index >= 15 is 0 Å². The Morgan fingerprint density at radius 2 is 1.94 bits per heavy atom. The van der Waals surface area contributed by atoms with E-state index in [1.807, 2.05) is 11.7 Å². The Labute approximate surface area is 118 Å². The fraction of sp³-hybridized carbons (Fsp3) is 0.769. The maximum absolute atomic E-state index is 4.56. The Bertz CT molecular complexity index is 438. The summed E-state index contributed by atoms with van der Waals surface area (Å²) in [5, 5.41) is 5.43. The smallest absolute Gasteiger partial charge is 0.130 e. The van der Waals surface area contributed by atoms with Gasteiger partial charge in [-0.3, -0.25) is 9.58 Å². The van der Waals surface area contributed by atoms with Crippen LogP contribution in [0.2, 0.25) is 0 Å². The molecule has 1 aromatic heterocycles. The third-order valence-electron chi connectivity index (χ3n) is 4.06. The number of halogens is 1. The summed E-state index contributed by atoms with van der Waals surface area (Å²) >= 11 is 3.59. The summed E-state index contributed by atoms with van der Waals surface area (Å²) in [7, 11) is 4.25. The normalized spacial score (nSPS) is 20.4. The largest absolute Gasteiger partial charge is 0.353 e. The van der Waals surface area contributed by atoms with Crippen molar-refractivity contribution in [3.63, 3.8) is 0 Å². The van der Waals surface area contributed by atoms with Gasteiger partial charge in [0.05, 0.1) is 5.69 Å². The molecular formula is C13H23BrN4. The Morgan fingerprint density at radius 3 is 2.50 bits per heavy atom. The average Bonchev–Trinajstić information content (AvgIpc) is 2.57. The summed E-state index contributed by atoms with van der Waals surface area (Å²) in [6, 6.07) is 0. The van der Waals surface area contributed by atoms with E-state index in [0.717, 1.165) is 30.7 Å². The molecule has 1 aliphatic heterocycles. The van der Waals surface area contributed by atoms with Crippen LogP contribution in [0.1, 0.15) is 25.1 Å². The summed E-state index contributed by atoms with van der Waals surface area (Å²) in [4.78, 5) is 4.90. The van der Waals surface area contributed by atoms with E-state index in [0.29, 0.717) is 0 Å². The number of nitrogens with zero attached hydrogens (tertiary/aromatic N) is 4. The highest BCUT2D eigenvalue weighted by molar-refractivity contribution is 9.08. The van der Waals surface area contributed by atoms with E-state index < -0.39 is 0 Å². The second kappa shape index (κ2) is 4.85. The number of aryl methyl sites for hydroxylation is 2. The minimum absolute atomic E-state index is 0.208. The molecule has 0 amide bonds. The minimum Gasteiger partial charge on any atom is -0.353 e. The molecule has 1 fully saturated rings. The molecule has 0 atom stereocenters. The standard InChI is InChI=1S/C13H23BrN4/c1-10-11(8-14)12(17(5)15-10)18-7-6-16(4)13(2,3)9-18/h6-9H2,1-5H3. The first-order chi connectivity index (χ1) is 8.36. The average molecular weight is 315 g/mol. The van der Waals surface area contributed by atoms with Crippen molar-refractivity contribution in [1.82, 2.24) is 14.7 Å². The van der Waals surface area contributed by atoms with Crippen molar-refractivity contribution in [3.8, 4) is 0 Å². The third-order valence-corrected chi connectivity index (χ3v) is 4.62. The van der Waals surface area contributed by atoms with Gasteiger partial charge >= 0.3 is 0 Å². The van der Waals surface area contributed by atoms with Crippen LogP contribution in [-0.4, -0.2) is 46.9 Å². The van der Waals surface area contributed by atoms with Gasteiger partial charge in [-0.25, -0.2) is 0 Å². The van der Waals surface area contributed by atoms with Crippen LogP contribution >= 0.6 is 15.9 Å². The van der Waals surface area contributed by atoms with Gasteiger partial charge < -0.3 is 4.90 Å². The second-order valence-corrected chi connectivity index (χ2v) is 6.36. The highest BCUT2D eigenvalue weighted by atomic mass is 79.9. The Morgan fingerprint density at radius 1 is 1.28 bits per heavy atom. The molecule has 102 valence electrons. The molecule has 5 heteroatoms. The van der Waals surface area contributed by atoms with Crippen LogP contribution in [0, 0.1) is 6.92 Å². The van der Waals surface area contributed by atoms with Gasteiger partial charge in [-0.05, 0) is 27.8 Å². The number of anilines is 1. The molecule has 0 spiro atoms. The highest BCUT2D eigenvalue weighted by Crippen LogP contribution is 2.29. The van der Waals surface area contributed by atoms with Crippen LogP contribution in [0.4, 0.5) is 5.82 Å². The van der Waals surface area contributed by atoms with Crippen LogP contribution in [0.15, 0.2) is 0 Å². The molecular weight excluding hydrogens is 292 g/mol. The van der Waals surface area contributed by atoms with Crippen molar-refractivity contribution >= 4 is 21.7 Å². The monoisotopic (exact) mass is 314 g/mol. The molecule has 0 aliphatic carbocycles. The van der Waals surface area contributed by atoms with E-state index in [9.17, 15) is 0 Å². The number of rotatable bonds is 2. The Hall–Kier alpha value is -0.550. The number of hydrogen-bond acceptors (Lipinski definition) is 3. The van der Waals surface area contributed by atoms with E-state index in [4.69, 9.17) is 0 Å². The third kappa shape index (κ3) is 2.30. The zero-order valence-corrected chi connectivity index (χ0v) is 13.6. The zero-order valence-electron chi connectivity index (χ0n) is 12.0. The lowest BCUT2D eigenvalue weighted by atomic mass is 9.99. The summed E-state index contributed by atoms with van der Waals surface area (Å²) < 4.78 is 2.02. The van der Waals surface area contributed by atoms with Crippen molar-refractivity contribution < 1.29 is 0 Å². The predicted octanol–water partition coefficient (Wildman–Crippen LogP) is 2.15. The van der Waals surface area contributed by atoms with Gasteiger partial charge in [-0.15, -0.1) is 0 Å². The molecule has 18 heavy (non-hydrogen) atoms. The molecule has 1 saturated heterocycles. The molecule has 2 rings (SSSR count). The maximum atomic E-state index is 4.56. The predicted molar refractivity (Wildman–Crippen MR) is 79.5 cm³/mol. The quantitative estimate of drug-likeness (QED) is 0.782. The van der Waals surface area contributed by atoms with Gasteiger partial charge in [-0.2, -0.15) is 5.10 Å². The topological polar surface area (TPSA) is 24.3 Å². The van der Waals surface area contributed by atoms with Gasteiger partial charge in [-0.1, -0.05) is 15.9 Å². The molecule has 1 aliphatic rings. The fourth-order valence-electron chi connectivity index (χ4n) is 2.66. The number of likely N-dealkylation sites (N-methyl/N-ethyl adjacent to an activating group) is 1. The molecule has 2 heterocycles. The van der Waals surface area contributed by atoms with Gasteiger partial charge in [0.2, 0.25) is 0 Å². The summed E-state index contributed by atoms with van der Waals surface area (Å²) in [6.45, 7) is 9.90. The fourth-order valence-corrected chi connectivity index (χ4v) is 3.32. The number of alkyl halides is 1. The summed E-state index contributed by atoms with van der Waals surface area (Å²) in [6.07, 6.45) is 0. The number of aromatic nitrogens is 2. The zero-order chi connectivity index (χ0) is 13.5. The van der Waals surface area contributed by atoms with E-state index in [2.05, 4.69) is 58.6 Å². The molecule has 0 N–H and O–H groups in total. The molecule has 0 aromatic carbocycles. The molecule has 4 nitrogen and oxygen atoms in total. The molecule has 0 bridgehead atoms.